The van der Waals surface area contributed by atoms with E-state index in [0.717, 1.165) is 38.2 Å². The maximum atomic E-state index is 12.9. The van der Waals surface area contributed by atoms with Crippen LogP contribution in [-0.2, 0) is 16.6 Å². The van der Waals surface area contributed by atoms with Crippen molar-refractivity contribution in [2.75, 3.05) is 19.6 Å². The molecule has 0 amide bonds. The van der Waals surface area contributed by atoms with Crippen LogP contribution in [0.4, 0.5) is 0 Å². The number of piperidine rings is 1. The molecule has 1 aliphatic rings. The van der Waals surface area contributed by atoms with E-state index >= 15 is 0 Å². The highest BCUT2D eigenvalue weighted by atomic mass is 32.2. The van der Waals surface area contributed by atoms with Crippen molar-refractivity contribution < 1.29 is 8.42 Å². The first kappa shape index (κ1) is 17.2. The van der Waals surface area contributed by atoms with Crippen LogP contribution < -0.4 is 5.73 Å². The van der Waals surface area contributed by atoms with Crippen LogP contribution in [0.25, 0.3) is 0 Å². The molecule has 5 nitrogen and oxygen atoms in total. The van der Waals surface area contributed by atoms with Crippen LogP contribution in [0.1, 0.15) is 25.0 Å². The van der Waals surface area contributed by atoms with Gasteiger partial charge in [-0.3, -0.25) is 4.90 Å². The molecule has 2 heterocycles. The second-order valence-electron chi connectivity index (χ2n) is 6.43. The summed E-state index contributed by atoms with van der Waals surface area (Å²) >= 11 is 0. The van der Waals surface area contributed by atoms with E-state index in [1.807, 2.05) is 12.1 Å². The van der Waals surface area contributed by atoms with Crippen LogP contribution in [0, 0.1) is 5.92 Å². The molecule has 24 heavy (non-hydrogen) atoms. The van der Waals surface area contributed by atoms with Crippen LogP contribution in [0.15, 0.2) is 53.6 Å². The van der Waals surface area contributed by atoms with Gasteiger partial charge in [-0.05, 0) is 62.5 Å². The molecule has 0 saturated carbocycles. The molecule has 1 aromatic carbocycles. The molecule has 3 rings (SSSR count). The number of nitrogens with two attached hydrogens (primary N) is 1. The lowest BCUT2D eigenvalue weighted by molar-refractivity contribution is 0.161. The van der Waals surface area contributed by atoms with Crippen LogP contribution in [0.2, 0.25) is 0 Å². The quantitative estimate of drug-likeness (QED) is 0.870. The second kappa shape index (κ2) is 7.51. The van der Waals surface area contributed by atoms with Crippen LogP contribution in [0.5, 0.6) is 0 Å². The average Bonchev–Trinajstić information content (AvgIpc) is 3.05. The molecule has 6 heteroatoms. The fourth-order valence-corrected chi connectivity index (χ4v) is 4.85. The van der Waals surface area contributed by atoms with E-state index < -0.39 is 10.0 Å². The maximum Gasteiger partial charge on any atom is 0.267 e. The zero-order valence-corrected chi connectivity index (χ0v) is 14.7. The van der Waals surface area contributed by atoms with Crippen molar-refractivity contribution in [2.45, 2.75) is 30.7 Å². The van der Waals surface area contributed by atoms with E-state index in [0.29, 0.717) is 17.4 Å². The number of hydrogen-bond acceptors (Lipinski definition) is 4. The van der Waals surface area contributed by atoms with Gasteiger partial charge in [0, 0.05) is 25.0 Å². The largest absolute Gasteiger partial charge is 0.330 e. The van der Waals surface area contributed by atoms with Gasteiger partial charge in [0.25, 0.3) is 10.0 Å². The molecule has 0 unspecified atom stereocenters. The number of likely N-dealkylation sites (tertiary alicyclic amines) is 1. The molecule has 2 N–H and O–H groups in total. The zero-order valence-electron chi connectivity index (χ0n) is 13.8. The van der Waals surface area contributed by atoms with Crippen molar-refractivity contribution in [3.63, 3.8) is 0 Å². The lowest BCUT2D eigenvalue weighted by Gasteiger charge is -2.32. The summed E-state index contributed by atoms with van der Waals surface area (Å²) in [6.45, 7) is 3.38. The Kier molecular flexibility index (Phi) is 5.38. The average molecular weight is 347 g/mol. The zero-order chi connectivity index (χ0) is 17.0. The monoisotopic (exact) mass is 347 g/mol. The normalized spacial score (nSPS) is 19.5. The van der Waals surface area contributed by atoms with Gasteiger partial charge in [-0.15, -0.1) is 0 Å². The molecule has 130 valence electrons. The number of aromatic nitrogens is 1. The van der Waals surface area contributed by atoms with Crippen molar-refractivity contribution in [2.24, 2.45) is 11.7 Å². The van der Waals surface area contributed by atoms with Gasteiger partial charge in [0.05, 0.1) is 4.90 Å². The molecular weight excluding hydrogens is 322 g/mol. The maximum absolute atomic E-state index is 12.9. The predicted molar refractivity (Wildman–Crippen MR) is 95.1 cm³/mol. The Morgan fingerprint density at radius 2 is 1.92 bits per heavy atom. The van der Waals surface area contributed by atoms with E-state index in [1.165, 1.54) is 10.4 Å². The van der Waals surface area contributed by atoms with Crippen LogP contribution in [0.3, 0.4) is 0 Å². The Hall–Kier alpha value is -1.63. The van der Waals surface area contributed by atoms with Gasteiger partial charge in [-0.1, -0.05) is 18.2 Å². The molecule has 0 spiro atoms. The Morgan fingerprint density at radius 3 is 2.67 bits per heavy atom. The highest BCUT2D eigenvalue weighted by Gasteiger charge is 2.23. The lowest BCUT2D eigenvalue weighted by atomic mass is 9.95. The van der Waals surface area contributed by atoms with Gasteiger partial charge < -0.3 is 5.73 Å². The summed E-state index contributed by atoms with van der Waals surface area (Å²) in [4.78, 5) is 2.66. The number of nitrogens with zero attached hydrogens (tertiary/aromatic N) is 2. The molecule has 0 aliphatic carbocycles. The fraction of sp³-hybridized carbons (Fsp3) is 0.444. The summed E-state index contributed by atoms with van der Waals surface area (Å²) < 4.78 is 27.1. The summed E-state index contributed by atoms with van der Waals surface area (Å²) in [6, 6.07) is 12.3. The first-order valence-corrected chi connectivity index (χ1v) is 9.94. The molecule has 1 saturated heterocycles. The minimum Gasteiger partial charge on any atom is -0.330 e. The third-order valence-corrected chi connectivity index (χ3v) is 6.40. The number of benzene rings is 1. The van der Waals surface area contributed by atoms with E-state index in [-0.39, 0.29) is 0 Å². The smallest absolute Gasteiger partial charge is 0.267 e. The molecule has 0 bridgehead atoms. The van der Waals surface area contributed by atoms with Crippen molar-refractivity contribution in [3.8, 4) is 0 Å². The predicted octanol–water partition coefficient (Wildman–Crippen LogP) is 2.29. The highest BCUT2D eigenvalue weighted by Crippen LogP contribution is 2.22. The van der Waals surface area contributed by atoms with Gasteiger partial charge in [0.15, 0.2) is 0 Å². The van der Waals surface area contributed by atoms with E-state index in [9.17, 15) is 8.42 Å². The van der Waals surface area contributed by atoms with Crippen LogP contribution >= 0.6 is 0 Å². The van der Waals surface area contributed by atoms with Crippen molar-refractivity contribution in [1.82, 2.24) is 8.87 Å². The molecule has 1 aliphatic heterocycles. The van der Waals surface area contributed by atoms with Crippen molar-refractivity contribution in [1.29, 1.82) is 0 Å². The molecule has 1 atom stereocenters. The second-order valence-corrected chi connectivity index (χ2v) is 8.25. The van der Waals surface area contributed by atoms with Gasteiger partial charge >= 0.3 is 0 Å². The van der Waals surface area contributed by atoms with Crippen LogP contribution in [-0.4, -0.2) is 36.9 Å². The summed E-state index contributed by atoms with van der Waals surface area (Å²) in [5.74, 6) is 0.623. The van der Waals surface area contributed by atoms with Crippen molar-refractivity contribution in [3.05, 3.63) is 54.4 Å². The number of hydrogen-bond donors (Lipinski definition) is 1. The topological polar surface area (TPSA) is 68.3 Å². The van der Waals surface area contributed by atoms with Gasteiger partial charge in [-0.2, -0.15) is 0 Å². The molecule has 0 radical (unpaired) electrons. The Labute approximate surface area is 144 Å². The van der Waals surface area contributed by atoms with Gasteiger partial charge in [0.2, 0.25) is 0 Å². The highest BCUT2D eigenvalue weighted by molar-refractivity contribution is 7.90. The van der Waals surface area contributed by atoms with E-state index in [2.05, 4.69) is 4.90 Å². The Morgan fingerprint density at radius 1 is 1.12 bits per heavy atom. The molecule has 1 aromatic heterocycles. The summed E-state index contributed by atoms with van der Waals surface area (Å²) in [5, 5.41) is 0. The number of rotatable bonds is 6. The van der Waals surface area contributed by atoms with Gasteiger partial charge in [0.1, 0.15) is 0 Å². The standard InChI is InChI=1S/C18H25N3O2S/c19-11-10-16-6-4-12-20(14-16)15-17-7-5-13-21(17)24(22,23)18-8-2-1-3-9-18/h1-3,5,7-9,13,16H,4,6,10-12,14-15,19H2/t16-/m1/s1. The van der Waals surface area contributed by atoms with E-state index in [1.54, 1.807) is 36.5 Å². The Balaban J connectivity index is 1.79. The summed E-state index contributed by atoms with van der Waals surface area (Å²) in [5.41, 5.74) is 6.50. The summed E-state index contributed by atoms with van der Waals surface area (Å²) in [7, 11) is -3.53. The Bertz CT molecular complexity index is 754. The first-order valence-electron chi connectivity index (χ1n) is 8.50. The third kappa shape index (κ3) is 3.71. The summed E-state index contributed by atoms with van der Waals surface area (Å²) in [6.07, 6.45) is 5.05. The van der Waals surface area contributed by atoms with Gasteiger partial charge in [-0.25, -0.2) is 12.4 Å². The molecule has 2 aromatic rings. The minimum atomic E-state index is -3.53. The van der Waals surface area contributed by atoms with Crippen molar-refractivity contribution >= 4 is 10.0 Å². The SMILES string of the molecule is NCC[C@H]1CCCN(Cc2cccn2S(=O)(=O)c2ccccc2)C1. The first-order chi connectivity index (χ1) is 11.6. The minimum absolute atomic E-state index is 0.321. The molecule has 1 fully saturated rings. The third-order valence-electron chi connectivity index (χ3n) is 4.66. The fourth-order valence-electron chi connectivity index (χ4n) is 3.46. The lowest BCUT2D eigenvalue weighted by Crippen LogP contribution is -2.36. The van der Waals surface area contributed by atoms with E-state index in [4.69, 9.17) is 5.73 Å². The molecular formula is C18H25N3O2S.